The maximum absolute atomic E-state index is 13.5. The predicted octanol–water partition coefficient (Wildman–Crippen LogP) is 3.90. The van der Waals surface area contributed by atoms with Crippen molar-refractivity contribution in [2.75, 3.05) is 18.8 Å². The molecule has 1 amide bonds. The smallest absolute Gasteiger partial charge is 0.228 e. The van der Waals surface area contributed by atoms with Crippen LogP contribution in [-0.2, 0) is 16.1 Å². The van der Waals surface area contributed by atoms with Gasteiger partial charge in [0.2, 0.25) is 5.91 Å². The van der Waals surface area contributed by atoms with Crippen molar-refractivity contribution in [3.63, 3.8) is 0 Å². The van der Waals surface area contributed by atoms with Gasteiger partial charge in [-0.15, -0.1) is 11.8 Å². The standard InChI is InChI=1S/C23H30N2O2S/c26-21(22-8-17-5-18(9-22)7-19(6-17)10-22)25-14-23(15-25)11-20(13-28-23)27-12-16-1-3-24-4-2-16/h1-4,17-20H,5-15H2/t17?,18?,19?,20-,22?/m1/s1. The highest BCUT2D eigenvalue weighted by molar-refractivity contribution is 8.01. The van der Waals surface area contributed by atoms with Crippen molar-refractivity contribution < 1.29 is 9.53 Å². The van der Waals surface area contributed by atoms with Gasteiger partial charge in [0.15, 0.2) is 0 Å². The summed E-state index contributed by atoms with van der Waals surface area (Å²) >= 11 is 2.04. The number of thioether (sulfide) groups is 1. The van der Waals surface area contributed by atoms with Crippen molar-refractivity contribution >= 4 is 17.7 Å². The molecule has 1 aromatic rings. The largest absolute Gasteiger partial charge is 0.373 e. The van der Waals surface area contributed by atoms with Gasteiger partial charge in [0.05, 0.1) is 22.9 Å². The van der Waals surface area contributed by atoms with E-state index < -0.39 is 0 Å². The van der Waals surface area contributed by atoms with E-state index >= 15 is 0 Å². The van der Waals surface area contributed by atoms with Crippen molar-refractivity contribution in [3.8, 4) is 0 Å². The Labute approximate surface area is 171 Å². The second-order valence-electron chi connectivity index (χ2n) is 10.3. The van der Waals surface area contributed by atoms with Crippen LogP contribution in [0.3, 0.4) is 0 Å². The van der Waals surface area contributed by atoms with Crippen molar-refractivity contribution in [3.05, 3.63) is 30.1 Å². The van der Waals surface area contributed by atoms with E-state index in [1.165, 1.54) is 44.1 Å². The highest BCUT2D eigenvalue weighted by Crippen LogP contribution is 2.61. The Kier molecular flexibility index (Phi) is 4.10. The Morgan fingerprint density at radius 3 is 2.36 bits per heavy atom. The average molecular weight is 399 g/mol. The summed E-state index contributed by atoms with van der Waals surface area (Å²) in [5, 5.41) is 0. The Hall–Kier alpha value is -1.07. The molecule has 6 aliphatic rings. The first-order valence-electron chi connectivity index (χ1n) is 11.1. The fourth-order valence-corrected chi connectivity index (χ4v) is 8.88. The molecular formula is C23H30N2O2S. The molecule has 0 radical (unpaired) electrons. The minimum absolute atomic E-state index is 0.0247. The second kappa shape index (κ2) is 6.46. The third kappa shape index (κ3) is 2.92. The van der Waals surface area contributed by atoms with Gasteiger partial charge in [-0.25, -0.2) is 0 Å². The SMILES string of the molecule is O=C(N1CC2(C[C@@H](OCc3ccncc3)CS2)C1)C12CC3CC(CC(C3)C1)C2. The van der Waals surface area contributed by atoms with Crippen LogP contribution < -0.4 is 0 Å². The fraction of sp³-hybridized carbons (Fsp3) is 0.739. The van der Waals surface area contributed by atoms with Crippen LogP contribution in [-0.4, -0.2) is 45.5 Å². The highest BCUT2D eigenvalue weighted by Gasteiger charge is 2.59. The molecule has 2 aliphatic heterocycles. The maximum atomic E-state index is 13.5. The van der Waals surface area contributed by atoms with Crippen molar-refractivity contribution in [1.82, 2.24) is 9.88 Å². The van der Waals surface area contributed by atoms with Gasteiger partial charge in [-0.05, 0) is 80.4 Å². The van der Waals surface area contributed by atoms with Crippen molar-refractivity contribution in [2.45, 2.75) is 62.4 Å². The highest BCUT2D eigenvalue weighted by atomic mass is 32.2. The molecule has 1 spiro atoms. The minimum Gasteiger partial charge on any atom is -0.373 e. The molecule has 4 nitrogen and oxygen atoms in total. The summed E-state index contributed by atoms with van der Waals surface area (Å²) in [5.41, 5.74) is 1.21. The molecule has 6 fully saturated rings. The first kappa shape index (κ1) is 17.8. The van der Waals surface area contributed by atoms with Crippen LogP contribution >= 0.6 is 11.8 Å². The Balaban J connectivity index is 1.05. The van der Waals surface area contributed by atoms with E-state index in [1.54, 1.807) is 0 Å². The van der Waals surface area contributed by atoms with Crippen LogP contribution in [0.25, 0.3) is 0 Å². The van der Waals surface area contributed by atoms with Gasteiger partial charge in [0.1, 0.15) is 0 Å². The summed E-state index contributed by atoms with van der Waals surface area (Å²) in [4.78, 5) is 19.8. The molecule has 4 aliphatic carbocycles. The third-order valence-electron chi connectivity index (χ3n) is 8.15. The summed E-state index contributed by atoms with van der Waals surface area (Å²) in [6, 6.07) is 4.04. The molecule has 5 heteroatoms. The molecule has 0 unspecified atom stereocenters. The molecule has 150 valence electrons. The van der Waals surface area contributed by atoms with Crippen LogP contribution in [0.5, 0.6) is 0 Å². The number of amides is 1. The Morgan fingerprint density at radius 1 is 1.07 bits per heavy atom. The molecule has 0 N–H and O–H groups in total. The van der Waals surface area contributed by atoms with E-state index in [0.717, 1.165) is 43.0 Å². The van der Waals surface area contributed by atoms with E-state index in [-0.39, 0.29) is 10.2 Å². The third-order valence-corrected chi connectivity index (χ3v) is 9.72. The summed E-state index contributed by atoms with van der Waals surface area (Å²) in [5.74, 6) is 4.11. The number of aromatic nitrogens is 1. The number of pyridine rings is 1. The molecule has 4 bridgehead atoms. The predicted molar refractivity (Wildman–Crippen MR) is 110 cm³/mol. The zero-order valence-corrected chi connectivity index (χ0v) is 17.3. The van der Waals surface area contributed by atoms with Crippen LogP contribution in [0.4, 0.5) is 0 Å². The lowest BCUT2D eigenvalue weighted by atomic mass is 9.49. The molecular weight excluding hydrogens is 368 g/mol. The number of likely N-dealkylation sites (tertiary alicyclic amines) is 1. The number of hydrogen-bond donors (Lipinski definition) is 0. The minimum atomic E-state index is 0.0247. The van der Waals surface area contributed by atoms with Crippen LogP contribution in [0.1, 0.15) is 50.5 Å². The summed E-state index contributed by atoms with van der Waals surface area (Å²) in [7, 11) is 0. The van der Waals surface area contributed by atoms with E-state index in [9.17, 15) is 4.79 Å². The molecule has 4 saturated carbocycles. The maximum Gasteiger partial charge on any atom is 0.228 e. The zero-order valence-electron chi connectivity index (χ0n) is 16.5. The number of nitrogens with zero attached hydrogens (tertiary/aromatic N) is 2. The van der Waals surface area contributed by atoms with Crippen LogP contribution in [0.2, 0.25) is 0 Å². The fourth-order valence-electron chi connectivity index (χ4n) is 7.32. The van der Waals surface area contributed by atoms with Crippen molar-refractivity contribution in [2.24, 2.45) is 23.2 Å². The zero-order chi connectivity index (χ0) is 18.8. The van der Waals surface area contributed by atoms with Gasteiger partial charge in [0.25, 0.3) is 0 Å². The van der Waals surface area contributed by atoms with Gasteiger partial charge in [-0.3, -0.25) is 9.78 Å². The van der Waals surface area contributed by atoms with Crippen molar-refractivity contribution in [1.29, 1.82) is 0 Å². The van der Waals surface area contributed by atoms with E-state index in [1.807, 2.05) is 36.3 Å². The average Bonchev–Trinajstić information content (AvgIpc) is 3.09. The number of carbonyl (C=O) groups excluding carboxylic acids is 1. The number of carbonyl (C=O) groups is 1. The normalized spacial score (nSPS) is 40.1. The molecule has 28 heavy (non-hydrogen) atoms. The first-order chi connectivity index (χ1) is 13.6. The molecule has 1 aromatic heterocycles. The monoisotopic (exact) mass is 398 g/mol. The number of rotatable bonds is 4. The van der Waals surface area contributed by atoms with Crippen LogP contribution in [0, 0.1) is 23.2 Å². The summed E-state index contributed by atoms with van der Waals surface area (Å²) < 4.78 is 6.43. The number of ether oxygens (including phenoxy) is 1. The molecule has 3 heterocycles. The quantitative estimate of drug-likeness (QED) is 0.771. The molecule has 2 saturated heterocycles. The molecule has 7 rings (SSSR count). The first-order valence-corrected chi connectivity index (χ1v) is 12.0. The topological polar surface area (TPSA) is 42.4 Å². The van der Waals surface area contributed by atoms with E-state index in [0.29, 0.717) is 18.6 Å². The lowest BCUT2D eigenvalue weighted by Crippen LogP contribution is -2.65. The molecule has 0 aromatic carbocycles. The lowest BCUT2D eigenvalue weighted by molar-refractivity contribution is -0.163. The van der Waals surface area contributed by atoms with Gasteiger partial charge < -0.3 is 9.64 Å². The Morgan fingerprint density at radius 2 is 1.71 bits per heavy atom. The van der Waals surface area contributed by atoms with E-state index in [2.05, 4.69) is 9.88 Å². The van der Waals surface area contributed by atoms with Crippen LogP contribution in [0.15, 0.2) is 24.5 Å². The number of hydrogen-bond acceptors (Lipinski definition) is 4. The summed E-state index contributed by atoms with van der Waals surface area (Å²) in [6.07, 6.45) is 12.8. The van der Waals surface area contributed by atoms with Gasteiger partial charge in [-0.2, -0.15) is 0 Å². The van der Waals surface area contributed by atoms with Gasteiger partial charge >= 0.3 is 0 Å². The lowest BCUT2D eigenvalue weighted by Gasteiger charge is -2.59. The second-order valence-corrected chi connectivity index (χ2v) is 11.8. The van der Waals surface area contributed by atoms with Gasteiger partial charge in [-0.1, -0.05) is 0 Å². The van der Waals surface area contributed by atoms with Gasteiger partial charge in [0, 0.05) is 31.2 Å². The summed E-state index contributed by atoms with van der Waals surface area (Å²) in [6.45, 7) is 2.57. The van der Waals surface area contributed by atoms with E-state index in [4.69, 9.17) is 4.74 Å². The Bertz CT molecular complexity index is 726. The molecule has 1 atom stereocenters.